The van der Waals surface area contributed by atoms with Crippen molar-refractivity contribution in [2.45, 2.75) is 32.7 Å². The highest BCUT2D eigenvalue weighted by molar-refractivity contribution is 8.16. The summed E-state index contributed by atoms with van der Waals surface area (Å²) in [6, 6.07) is 7.77. The van der Waals surface area contributed by atoms with Crippen LogP contribution in [0.4, 0.5) is 0 Å². The van der Waals surface area contributed by atoms with Crippen LogP contribution in [0.5, 0.6) is 0 Å². The van der Waals surface area contributed by atoms with Crippen LogP contribution in [0.25, 0.3) is 0 Å². The van der Waals surface area contributed by atoms with Gasteiger partial charge in [0.2, 0.25) is 5.91 Å². The number of benzene rings is 1. The van der Waals surface area contributed by atoms with E-state index in [4.69, 9.17) is 4.74 Å². The van der Waals surface area contributed by atoms with Crippen molar-refractivity contribution in [1.29, 1.82) is 0 Å². The molecular formula is C24H30N4O3S. The van der Waals surface area contributed by atoms with Crippen molar-refractivity contribution < 1.29 is 14.3 Å². The Morgan fingerprint density at radius 1 is 1.12 bits per heavy atom. The number of nitrogens with zero attached hydrogens (tertiary/aromatic N) is 4. The zero-order valence-corrected chi connectivity index (χ0v) is 19.9. The van der Waals surface area contributed by atoms with Crippen LogP contribution < -0.4 is 0 Å². The van der Waals surface area contributed by atoms with E-state index in [0.717, 1.165) is 54.6 Å². The molecule has 0 saturated carbocycles. The normalized spacial score (nSPS) is 21.7. The second-order valence-electron chi connectivity index (χ2n) is 8.51. The largest absolute Gasteiger partial charge is 0.466 e. The van der Waals surface area contributed by atoms with E-state index >= 15 is 0 Å². The number of amidine groups is 1. The molecule has 4 rings (SSSR count). The third-order valence-corrected chi connectivity index (χ3v) is 7.09. The number of fused-ring (bicyclic) bond motifs is 1. The minimum atomic E-state index is -0.394. The maximum atomic E-state index is 13.2. The molecule has 7 nitrogen and oxygen atoms in total. The number of ether oxygens (including phenoxy) is 1. The van der Waals surface area contributed by atoms with Crippen LogP contribution in [0.2, 0.25) is 0 Å². The van der Waals surface area contributed by atoms with Crippen LogP contribution in [0.3, 0.4) is 0 Å². The van der Waals surface area contributed by atoms with Crippen LogP contribution in [-0.4, -0.2) is 72.1 Å². The molecule has 0 N–H and O–H groups in total. The number of methoxy groups -OCH3 is 1. The summed E-state index contributed by atoms with van der Waals surface area (Å²) in [7, 11) is 3.49. The van der Waals surface area contributed by atoms with Gasteiger partial charge in [-0.05, 0) is 44.8 Å². The van der Waals surface area contributed by atoms with Crippen molar-refractivity contribution in [1.82, 2.24) is 14.7 Å². The first-order valence-electron chi connectivity index (χ1n) is 10.9. The van der Waals surface area contributed by atoms with Gasteiger partial charge in [0, 0.05) is 25.3 Å². The number of thioether (sulfide) groups is 1. The van der Waals surface area contributed by atoms with Gasteiger partial charge in [-0.1, -0.05) is 41.6 Å². The number of carbonyl (C=O) groups excluding carboxylic acids is 2. The van der Waals surface area contributed by atoms with Gasteiger partial charge >= 0.3 is 5.97 Å². The van der Waals surface area contributed by atoms with Crippen LogP contribution in [0.1, 0.15) is 36.9 Å². The molecule has 0 aliphatic carbocycles. The Morgan fingerprint density at radius 2 is 1.88 bits per heavy atom. The molecule has 8 heteroatoms. The molecule has 0 bridgehead atoms. The van der Waals surface area contributed by atoms with Crippen molar-refractivity contribution in [3.63, 3.8) is 0 Å². The van der Waals surface area contributed by atoms with Gasteiger partial charge in [0.15, 0.2) is 5.17 Å². The van der Waals surface area contributed by atoms with Gasteiger partial charge in [0.1, 0.15) is 0 Å². The smallest absolute Gasteiger partial charge is 0.338 e. The molecule has 3 heterocycles. The molecule has 0 radical (unpaired) electrons. The summed E-state index contributed by atoms with van der Waals surface area (Å²) in [5.74, 6) is -0.282. The summed E-state index contributed by atoms with van der Waals surface area (Å²) in [6.07, 6.45) is 1.26. The predicted molar refractivity (Wildman–Crippen MR) is 127 cm³/mol. The van der Waals surface area contributed by atoms with E-state index in [2.05, 4.69) is 16.9 Å². The second kappa shape index (κ2) is 9.50. The summed E-state index contributed by atoms with van der Waals surface area (Å²) in [6.45, 7) is 7.29. The van der Waals surface area contributed by atoms with Gasteiger partial charge in [-0.15, -0.1) is 0 Å². The lowest BCUT2D eigenvalue weighted by Gasteiger charge is -2.36. The highest BCUT2D eigenvalue weighted by atomic mass is 32.2. The van der Waals surface area contributed by atoms with Crippen LogP contribution >= 0.6 is 11.8 Å². The number of carbonyl (C=O) groups is 2. The monoisotopic (exact) mass is 454 g/mol. The first-order chi connectivity index (χ1) is 15.4. The number of allylic oxidation sites excluding steroid dienone is 1. The first kappa shape index (κ1) is 22.6. The van der Waals surface area contributed by atoms with Crippen molar-refractivity contribution in [2.75, 3.05) is 40.3 Å². The van der Waals surface area contributed by atoms with Gasteiger partial charge < -0.3 is 19.4 Å². The van der Waals surface area contributed by atoms with Gasteiger partial charge in [0.05, 0.1) is 30.8 Å². The minimum absolute atomic E-state index is 0.113. The molecule has 1 aromatic rings. The predicted octanol–water partition coefficient (Wildman–Crippen LogP) is 3.30. The Hall–Kier alpha value is -2.58. The number of aryl methyl sites for hydroxylation is 1. The summed E-state index contributed by atoms with van der Waals surface area (Å²) in [4.78, 5) is 36.9. The first-order valence-corrected chi connectivity index (χ1v) is 11.8. The van der Waals surface area contributed by atoms with Crippen LogP contribution in [0.15, 0.2) is 51.6 Å². The summed E-state index contributed by atoms with van der Waals surface area (Å²) in [5, 5.41) is 2.79. The fraction of sp³-hybridized carbons (Fsp3) is 0.458. The zero-order valence-electron chi connectivity index (χ0n) is 19.1. The molecule has 1 saturated heterocycles. The Bertz CT molecular complexity index is 999. The van der Waals surface area contributed by atoms with Gasteiger partial charge in [-0.3, -0.25) is 4.79 Å². The highest BCUT2D eigenvalue weighted by Crippen LogP contribution is 2.44. The van der Waals surface area contributed by atoms with Gasteiger partial charge in [-0.25, -0.2) is 9.79 Å². The molecule has 3 aliphatic rings. The molecule has 3 aliphatic heterocycles. The lowest BCUT2D eigenvalue weighted by Crippen LogP contribution is -2.39. The number of rotatable bonds is 4. The van der Waals surface area contributed by atoms with E-state index in [0.29, 0.717) is 11.3 Å². The van der Waals surface area contributed by atoms with Crippen molar-refractivity contribution in [3.05, 3.63) is 57.8 Å². The number of likely N-dealkylation sites (N-methyl/N-ethyl adjacent to an activating group) is 1. The van der Waals surface area contributed by atoms with Crippen molar-refractivity contribution in [3.8, 4) is 0 Å². The molecule has 0 aromatic heterocycles. The minimum Gasteiger partial charge on any atom is -0.466 e. The summed E-state index contributed by atoms with van der Waals surface area (Å²) < 4.78 is 5.12. The van der Waals surface area contributed by atoms with E-state index < -0.39 is 5.97 Å². The molecule has 1 amide bonds. The Balaban J connectivity index is 1.64. The quantitative estimate of drug-likeness (QED) is 0.651. The van der Waals surface area contributed by atoms with Crippen LogP contribution in [-0.2, 0) is 14.3 Å². The van der Waals surface area contributed by atoms with E-state index in [1.165, 1.54) is 18.9 Å². The van der Waals surface area contributed by atoms with E-state index in [9.17, 15) is 9.59 Å². The van der Waals surface area contributed by atoms with Gasteiger partial charge in [0.25, 0.3) is 0 Å². The SMILES string of the molecule is COC(=O)C1=C(C)N=C2SC=C(CC(=O)N3CCCN(C)CC3)N2C1c1ccc(C)cc1. The molecule has 1 unspecified atom stereocenters. The Kier molecular flexibility index (Phi) is 6.71. The Morgan fingerprint density at radius 3 is 2.59 bits per heavy atom. The number of hydrogen-bond acceptors (Lipinski definition) is 7. The number of aliphatic imine (C=N–C) groups is 1. The van der Waals surface area contributed by atoms with Crippen LogP contribution in [0, 0.1) is 6.92 Å². The van der Waals surface area contributed by atoms with E-state index in [1.807, 2.05) is 53.3 Å². The molecule has 1 atom stereocenters. The Labute approximate surface area is 193 Å². The van der Waals surface area contributed by atoms with E-state index in [-0.39, 0.29) is 18.4 Å². The summed E-state index contributed by atoms with van der Waals surface area (Å²) >= 11 is 1.50. The molecule has 32 heavy (non-hydrogen) atoms. The average molecular weight is 455 g/mol. The lowest BCUT2D eigenvalue weighted by atomic mass is 9.93. The maximum Gasteiger partial charge on any atom is 0.338 e. The number of amides is 1. The molecule has 1 aromatic carbocycles. The van der Waals surface area contributed by atoms with Gasteiger partial charge in [-0.2, -0.15) is 0 Å². The third-order valence-electron chi connectivity index (χ3n) is 6.20. The van der Waals surface area contributed by atoms with E-state index in [1.54, 1.807) is 0 Å². The zero-order chi connectivity index (χ0) is 22.8. The maximum absolute atomic E-state index is 13.2. The number of esters is 1. The molecule has 0 spiro atoms. The van der Waals surface area contributed by atoms with Crippen molar-refractivity contribution in [2.24, 2.45) is 4.99 Å². The average Bonchev–Trinajstić information content (AvgIpc) is 3.02. The topological polar surface area (TPSA) is 65.5 Å². The third kappa shape index (κ3) is 4.47. The summed E-state index contributed by atoms with van der Waals surface area (Å²) in [5.41, 5.74) is 4.15. The molecular weight excluding hydrogens is 424 g/mol. The standard InChI is InChI=1S/C24H30N4O3S/c1-16-6-8-18(9-7-16)22-21(23(30)31-4)17(2)25-24-28(22)19(15-32-24)14-20(29)27-11-5-10-26(3)12-13-27/h6-9,15,22H,5,10-14H2,1-4H3. The van der Waals surface area contributed by atoms with Crippen molar-refractivity contribution >= 4 is 28.8 Å². The number of hydrogen-bond donors (Lipinski definition) is 0. The fourth-order valence-electron chi connectivity index (χ4n) is 4.37. The highest BCUT2D eigenvalue weighted by Gasteiger charge is 2.41. The molecule has 1 fully saturated rings. The second-order valence-corrected chi connectivity index (χ2v) is 9.35. The fourth-order valence-corrected chi connectivity index (χ4v) is 5.33. The molecule has 170 valence electrons. The lowest BCUT2D eigenvalue weighted by molar-refractivity contribution is -0.136.